The number of ether oxygens (including phenoxy) is 7. The van der Waals surface area contributed by atoms with Crippen LogP contribution in [0.1, 0.15) is 36.5 Å². The van der Waals surface area contributed by atoms with E-state index in [1.165, 1.54) is 40.6 Å². The van der Waals surface area contributed by atoms with Crippen molar-refractivity contribution in [2.24, 2.45) is 0 Å². The van der Waals surface area contributed by atoms with Gasteiger partial charge < -0.3 is 48.5 Å². The maximum absolute atomic E-state index is 13.3. The number of phenolic OH excluding ortho intramolecular Hbond substituents is 1. The molecule has 0 saturated heterocycles. The normalized spacial score (nSPS) is 20.8. The van der Waals surface area contributed by atoms with Crippen LogP contribution in [0.15, 0.2) is 60.7 Å². The summed E-state index contributed by atoms with van der Waals surface area (Å²) in [5.74, 6) is -0.765. The first-order valence-corrected chi connectivity index (χ1v) is 15.6. The molecule has 5 atom stereocenters. The third kappa shape index (κ3) is 9.55. The molecule has 0 bridgehead atoms. The molecule has 0 aliphatic heterocycles. The molecule has 3 aromatic carbocycles. The van der Waals surface area contributed by atoms with Crippen LogP contribution in [0, 0.1) is 0 Å². The van der Waals surface area contributed by atoms with E-state index in [-0.39, 0.29) is 25.0 Å². The van der Waals surface area contributed by atoms with E-state index in [1.54, 1.807) is 55.5 Å². The second kappa shape index (κ2) is 16.4. The Morgan fingerprint density at radius 3 is 1.73 bits per heavy atom. The highest BCUT2D eigenvalue weighted by molar-refractivity contribution is 5.80. The van der Waals surface area contributed by atoms with Gasteiger partial charge in [0.1, 0.15) is 18.0 Å². The van der Waals surface area contributed by atoms with Gasteiger partial charge in [0.2, 0.25) is 0 Å². The fraction of sp³-hybridized carbons (Fsp3) is 0.417. The molecule has 1 aliphatic rings. The van der Waals surface area contributed by atoms with E-state index in [4.69, 9.17) is 33.2 Å². The highest BCUT2D eigenvalue weighted by Crippen LogP contribution is 2.35. The predicted octanol–water partition coefficient (Wildman–Crippen LogP) is 3.10. The van der Waals surface area contributed by atoms with Crippen LogP contribution in [0.25, 0.3) is 0 Å². The lowest BCUT2D eigenvalue weighted by atomic mass is 9.79. The van der Waals surface area contributed by atoms with E-state index in [2.05, 4.69) is 0 Å². The molecule has 13 heteroatoms. The van der Waals surface area contributed by atoms with Crippen LogP contribution < -0.4 is 18.9 Å². The Labute approximate surface area is 284 Å². The molecule has 3 aromatic rings. The monoisotopic (exact) mass is 682 g/mol. The molecule has 13 nitrogen and oxygen atoms in total. The van der Waals surface area contributed by atoms with Crippen LogP contribution in [-0.2, 0) is 47.9 Å². The van der Waals surface area contributed by atoms with Gasteiger partial charge in [-0.3, -0.25) is 9.59 Å². The van der Waals surface area contributed by atoms with Crippen LogP contribution in [0.4, 0.5) is 0 Å². The van der Waals surface area contributed by atoms with Gasteiger partial charge in [0.05, 0.1) is 47.4 Å². The lowest BCUT2D eigenvalue weighted by molar-refractivity contribution is -0.212. The minimum Gasteiger partial charge on any atom is -0.508 e. The van der Waals surface area contributed by atoms with Crippen LogP contribution in [0.5, 0.6) is 28.7 Å². The van der Waals surface area contributed by atoms with Gasteiger partial charge in [-0.1, -0.05) is 24.3 Å². The number of hydrogen-bond donors (Lipinski definition) is 3. The van der Waals surface area contributed by atoms with E-state index in [1.807, 2.05) is 0 Å². The Balaban J connectivity index is 1.52. The minimum absolute atomic E-state index is 0.0876. The fourth-order valence-electron chi connectivity index (χ4n) is 5.69. The second-order valence-electron chi connectivity index (χ2n) is 11.8. The zero-order valence-corrected chi connectivity index (χ0v) is 28.0. The highest BCUT2D eigenvalue weighted by atomic mass is 16.6. The topological polar surface area (TPSA) is 177 Å². The summed E-state index contributed by atoms with van der Waals surface area (Å²) in [6, 6.07) is 16.1. The lowest BCUT2D eigenvalue weighted by Gasteiger charge is -2.41. The highest BCUT2D eigenvalue weighted by Gasteiger charge is 2.53. The predicted molar refractivity (Wildman–Crippen MR) is 174 cm³/mol. The molecule has 3 N–H and O–H groups in total. The molecule has 1 fully saturated rings. The number of aliphatic hydroxyl groups excluding tert-OH is 1. The first kappa shape index (κ1) is 36.8. The first-order chi connectivity index (χ1) is 23.4. The largest absolute Gasteiger partial charge is 0.508 e. The number of rotatable bonds is 14. The van der Waals surface area contributed by atoms with Gasteiger partial charge in [-0.05, 0) is 60.0 Å². The zero-order valence-electron chi connectivity index (χ0n) is 28.0. The SMILES string of the molecule is COc1ccc(CC(=O)O[C@@H]2[C@@H](O)C[C@](O)(C(=O)OC(C)Cc3ccc(O)cc3)C[C@H]2OC(=O)Cc2ccc(OC)c(OC)c2)cc1OC. The molecule has 1 aliphatic carbocycles. The smallest absolute Gasteiger partial charge is 0.338 e. The minimum atomic E-state index is -2.27. The van der Waals surface area contributed by atoms with Crippen molar-refractivity contribution in [3.05, 3.63) is 77.4 Å². The number of phenols is 1. The van der Waals surface area contributed by atoms with Crippen LogP contribution >= 0.6 is 0 Å². The summed E-state index contributed by atoms with van der Waals surface area (Å²) in [4.78, 5) is 39.7. The van der Waals surface area contributed by atoms with Crippen LogP contribution in [0.2, 0.25) is 0 Å². The zero-order chi connectivity index (χ0) is 35.7. The van der Waals surface area contributed by atoms with E-state index >= 15 is 0 Å². The number of esters is 3. The van der Waals surface area contributed by atoms with Crippen LogP contribution in [-0.4, -0.2) is 91.7 Å². The van der Waals surface area contributed by atoms with Gasteiger partial charge in [0, 0.05) is 19.3 Å². The van der Waals surface area contributed by atoms with Gasteiger partial charge in [-0.15, -0.1) is 0 Å². The number of aromatic hydroxyl groups is 1. The molecule has 0 heterocycles. The maximum Gasteiger partial charge on any atom is 0.338 e. The molecule has 49 heavy (non-hydrogen) atoms. The number of benzene rings is 3. The lowest BCUT2D eigenvalue weighted by Crippen LogP contribution is -2.59. The summed E-state index contributed by atoms with van der Waals surface area (Å²) >= 11 is 0. The third-order valence-electron chi connectivity index (χ3n) is 8.12. The van der Waals surface area contributed by atoms with Crippen molar-refractivity contribution >= 4 is 17.9 Å². The molecular weight excluding hydrogens is 640 g/mol. The fourth-order valence-corrected chi connectivity index (χ4v) is 5.69. The number of hydrogen-bond acceptors (Lipinski definition) is 13. The van der Waals surface area contributed by atoms with Gasteiger partial charge >= 0.3 is 17.9 Å². The molecule has 0 radical (unpaired) electrons. The summed E-state index contributed by atoms with van der Waals surface area (Å²) < 4.78 is 38.0. The van der Waals surface area contributed by atoms with E-state index < -0.39 is 60.8 Å². The Kier molecular flexibility index (Phi) is 12.3. The Morgan fingerprint density at radius 1 is 0.735 bits per heavy atom. The van der Waals surface area contributed by atoms with Crippen molar-refractivity contribution in [1.82, 2.24) is 0 Å². The molecule has 1 unspecified atom stereocenters. The van der Waals surface area contributed by atoms with Crippen molar-refractivity contribution in [3.8, 4) is 28.7 Å². The van der Waals surface area contributed by atoms with Crippen molar-refractivity contribution in [1.29, 1.82) is 0 Å². The Morgan fingerprint density at radius 2 is 1.22 bits per heavy atom. The molecule has 0 aromatic heterocycles. The summed E-state index contributed by atoms with van der Waals surface area (Å²) in [6.45, 7) is 1.63. The molecule has 4 rings (SSSR count). The quantitative estimate of drug-likeness (QED) is 0.167. The molecular formula is C36H42O13. The Bertz CT molecular complexity index is 1600. The van der Waals surface area contributed by atoms with Gasteiger partial charge in [0.25, 0.3) is 0 Å². The van der Waals surface area contributed by atoms with E-state index in [0.717, 1.165) is 5.56 Å². The molecule has 1 saturated carbocycles. The van der Waals surface area contributed by atoms with Gasteiger partial charge in [0.15, 0.2) is 34.7 Å². The van der Waals surface area contributed by atoms with Gasteiger partial charge in [-0.25, -0.2) is 4.79 Å². The molecule has 0 amide bonds. The average Bonchev–Trinajstić information content (AvgIpc) is 3.07. The van der Waals surface area contributed by atoms with Gasteiger partial charge in [-0.2, -0.15) is 0 Å². The maximum atomic E-state index is 13.3. The van der Waals surface area contributed by atoms with Crippen molar-refractivity contribution in [2.45, 2.75) is 69.0 Å². The van der Waals surface area contributed by atoms with Crippen molar-refractivity contribution < 1.29 is 62.9 Å². The summed E-state index contributed by atoms with van der Waals surface area (Å²) in [6.07, 6.45) is -6.38. The third-order valence-corrected chi connectivity index (χ3v) is 8.12. The van der Waals surface area contributed by atoms with Crippen molar-refractivity contribution in [3.63, 3.8) is 0 Å². The van der Waals surface area contributed by atoms with E-state index in [9.17, 15) is 29.7 Å². The number of methoxy groups -OCH3 is 4. The summed E-state index contributed by atoms with van der Waals surface area (Å²) in [5, 5.41) is 32.2. The standard InChI is InChI=1S/C36H42O13/c1-21(14-22-6-10-25(37)11-7-22)47-35(41)36(42)19-26(38)34(49-33(40)18-24-9-13-28(44-3)30(16-24)46-5)31(20-36)48-32(39)17-23-8-12-27(43-2)29(15-23)45-4/h6-13,15-16,21,26,31,34,37-38,42H,14,17-20H2,1-5H3/t21?,26-,31+,34+,36+/m0/s1. The van der Waals surface area contributed by atoms with Crippen molar-refractivity contribution in [2.75, 3.05) is 28.4 Å². The number of carbonyl (C=O) groups is 3. The summed E-state index contributed by atoms with van der Waals surface area (Å²) in [7, 11) is 5.87. The molecule has 0 spiro atoms. The second-order valence-corrected chi connectivity index (χ2v) is 11.8. The number of carbonyl (C=O) groups excluding carboxylic acids is 3. The summed E-state index contributed by atoms with van der Waals surface area (Å²) in [5.41, 5.74) is -0.461. The van der Waals surface area contributed by atoms with Crippen LogP contribution in [0.3, 0.4) is 0 Å². The number of aliphatic hydroxyl groups is 2. The molecule has 264 valence electrons. The first-order valence-electron chi connectivity index (χ1n) is 15.6. The van der Waals surface area contributed by atoms with E-state index in [0.29, 0.717) is 34.1 Å². The average molecular weight is 683 g/mol. The Hall–Kier alpha value is -5.01.